The minimum atomic E-state index is -3.91. The molecule has 1 saturated heterocycles. The monoisotopic (exact) mass is 447 g/mol. The highest BCUT2D eigenvalue weighted by Gasteiger charge is 2.40. The van der Waals surface area contributed by atoms with Crippen LogP contribution in [0.1, 0.15) is 72.5 Å². The summed E-state index contributed by atoms with van der Waals surface area (Å²) >= 11 is 0. The first-order valence-corrected chi connectivity index (χ1v) is 12.8. The molecule has 7 nitrogen and oxygen atoms in total. The molecule has 1 aliphatic heterocycles. The standard InChI is InChI=1S/C23H33N3O4S/c1-17-21(23(27)25-13-7-8-14-25)22(18(2)24(17)3)31(28,29)26(16-20-12-9-15-30-20)19-10-5-4-6-11-19/h9,12,15,19H,4-8,10-11,13-14,16H2,1-3H3. The maximum Gasteiger partial charge on any atom is 0.257 e. The molecule has 0 spiro atoms. The van der Waals surface area contributed by atoms with Gasteiger partial charge < -0.3 is 13.9 Å². The smallest absolute Gasteiger partial charge is 0.257 e. The lowest BCUT2D eigenvalue weighted by atomic mass is 9.95. The summed E-state index contributed by atoms with van der Waals surface area (Å²) in [7, 11) is -2.07. The van der Waals surface area contributed by atoms with Crippen molar-refractivity contribution in [3.63, 3.8) is 0 Å². The highest BCUT2D eigenvalue weighted by Crippen LogP contribution is 2.35. The van der Waals surface area contributed by atoms with E-state index in [1.54, 1.807) is 28.5 Å². The van der Waals surface area contributed by atoms with Gasteiger partial charge in [0.25, 0.3) is 5.91 Å². The van der Waals surface area contributed by atoms with Crippen LogP contribution < -0.4 is 0 Å². The normalized spacial score (nSPS) is 18.3. The molecule has 4 rings (SSSR count). The zero-order valence-electron chi connectivity index (χ0n) is 18.8. The highest BCUT2D eigenvalue weighted by atomic mass is 32.2. The van der Waals surface area contributed by atoms with Crippen LogP contribution in [0.3, 0.4) is 0 Å². The van der Waals surface area contributed by atoms with Crippen LogP contribution in [0.25, 0.3) is 0 Å². The number of likely N-dealkylation sites (tertiary alicyclic amines) is 1. The Hall–Kier alpha value is -2.06. The van der Waals surface area contributed by atoms with Crippen molar-refractivity contribution in [3.05, 3.63) is 41.1 Å². The van der Waals surface area contributed by atoms with Crippen molar-refractivity contribution in [1.29, 1.82) is 0 Å². The van der Waals surface area contributed by atoms with Gasteiger partial charge in [0.1, 0.15) is 10.7 Å². The van der Waals surface area contributed by atoms with Crippen LogP contribution in [-0.2, 0) is 23.6 Å². The molecular formula is C23H33N3O4S. The number of nitrogens with zero attached hydrogens (tertiary/aromatic N) is 3. The number of rotatable bonds is 6. The summed E-state index contributed by atoms with van der Waals surface area (Å²) in [6.45, 7) is 5.19. The van der Waals surface area contributed by atoms with Crippen molar-refractivity contribution < 1.29 is 17.6 Å². The SMILES string of the molecule is Cc1c(C(=O)N2CCCC2)c(S(=O)(=O)N(Cc2ccco2)C2CCCCC2)c(C)n1C. The Balaban J connectivity index is 1.81. The van der Waals surface area contributed by atoms with Crippen LogP contribution in [0.15, 0.2) is 27.7 Å². The molecule has 3 heterocycles. The Kier molecular flexibility index (Phi) is 6.30. The lowest BCUT2D eigenvalue weighted by molar-refractivity contribution is 0.0788. The van der Waals surface area contributed by atoms with Gasteiger partial charge in [0, 0.05) is 37.6 Å². The molecule has 1 saturated carbocycles. The van der Waals surface area contributed by atoms with Crippen LogP contribution in [0.4, 0.5) is 0 Å². The van der Waals surface area contributed by atoms with Crippen LogP contribution in [-0.4, -0.2) is 47.2 Å². The fourth-order valence-corrected chi connectivity index (χ4v) is 7.15. The second kappa shape index (κ2) is 8.82. The van der Waals surface area contributed by atoms with Crippen LogP contribution >= 0.6 is 0 Å². The number of amides is 1. The molecule has 170 valence electrons. The summed E-state index contributed by atoms with van der Waals surface area (Å²) in [4.78, 5) is 15.4. The first-order valence-electron chi connectivity index (χ1n) is 11.3. The van der Waals surface area contributed by atoms with Gasteiger partial charge in [-0.2, -0.15) is 4.31 Å². The molecule has 0 bridgehead atoms. The van der Waals surface area contributed by atoms with Gasteiger partial charge in [-0.15, -0.1) is 0 Å². The summed E-state index contributed by atoms with van der Waals surface area (Å²) < 4.78 is 37.3. The average molecular weight is 448 g/mol. The molecule has 31 heavy (non-hydrogen) atoms. The van der Waals surface area contributed by atoms with Gasteiger partial charge in [0.05, 0.1) is 18.4 Å². The summed E-state index contributed by atoms with van der Waals surface area (Å²) in [6, 6.07) is 3.50. The van der Waals surface area contributed by atoms with Gasteiger partial charge in [0.15, 0.2) is 0 Å². The number of carbonyl (C=O) groups excluding carboxylic acids is 1. The first-order chi connectivity index (χ1) is 14.8. The van der Waals surface area contributed by atoms with E-state index in [1.165, 1.54) is 0 Å². The van der Waals surface area contributed by atoms with E-state index < -0.39 is 10.0 Å². The Morgan fingerprint density at radius 1 is 1.10 bits per heavy atom. The molecule has 0 radical (unpaired) electrons. The molecule has 0 unspecified atom stereocenters. The van der Waals surface area contributed by atoms with E-state index in [-0.39, 0.29) is 23.4 Å². The Morgan fingerprint density at radius 2 is 1.77 bits per heavy atom. The molecule has 8 heteroatoms. The van der Waals surface area contributed by atoms with E-state index in [1.807, 2.05) is 24.6 Å². The third kappa shape index (κ3) is 4.07. The van der Waals surface area contributed by atoms with E-state index in [0.717, 1.165) is 44.9 Å². The number of aromatic nitrogens is 1. The molecule has 0 N–H and O–H groups in total. The molecule has 0 atom stereocenters. The Bertz CT molecular complexity index is 1030. The summed E-state index contributed by atoms with van der Waals surface area (Å²) in [6.07, 6.45) is 8.33. The van der Waals surface area contributed by atoms with Crippen molar-refractivity contribution in [1.82, 2.24) is 13.8 Å². The van der Waals surface area contributed by atoms with Crippen molar-refractivity contribution in [2.45, 2.75) is 76.3 Å². The molecule has 2 aliphatic rings. The summed E-state index contributed by atoms with van der Waals surface area (Å²) in [5.74, 6) is 0.450. The zero-order chi connectivity index (χ0) is 22.2. The number of carbonyl (C=O) groups is 1. The third-order valence-corrected chi connectivity index (χ3v) is 9.03. The Labute approximate surface area is 185 Å². The Morgan fingerprint density at radius 3 is 2.39 bits per heavy atom. The van der Waals surface area contributed by atoms with Crippen molar-refractivity contribution in [2.75, 3.05) is 13.1 Å². The predicted molar refractivity (Wildman–Crippen MR) is 118 cm³/mol. The second-order valence-corrected chi connectivity index (χ2v) is 10.7. The minimum Gasteiger partial charge on any atom is -0.468 e. The molecule has 2 fully saturated rings. The van der Waals surface area contributed by atoms with Crippen molar-refractivity contribution in [2.24, 2.45) is 7.05 Å². The lowest BCUT2D eigenvalue weighted by Gasteiger charge is -2.33. The number of hydrogen-bond donors (Lipinski definition) is 0. The molecular weight excluding hydrogens is 414 g/mol. The number of furan rings is 1. The fraction of sp³-hybridized carbons (Fsp3) is 0.609. The maximum absolute atomic E-state index is 14.2. The largest absolute Gasteiger partial charge is 0.468 e. The van der Waals surface area contributed by atoms with Gasteiger partial charge in [0.2, 0.25) is 10.0 Å². The van der Waals surface area contributed by atoms with Gasteiger partial charge >= 0.3 is 0 Å². The topological polar surface area (TPSA) is 75.8 Å². The zero-order valence-corrected chi connectivity index (χ0v) is 19.6. The van der Waals surface area contributed by atoms with E-state index in [2.05, 4.69) is 0 Å². The van der Waals surface area contributed by atoms with Crippen LogP contribution in [0.2, 0.25) is 0 Å². The van der Waals surface area contributed by atoms with E-state index in [0.29, 0.717) is 35.8 Å². The third-order valence-electron chi connectivity index (χ3n) is 6.97. The van der Waals surface area contributed by atoms with E-state index >= 15 is 0 Å². The molecule has 1 aliphatic carbocycles. The van der Waals surface area contributed by atoms with Gasteiger partial charge in [-0.25, -0.2) is 8.42 Å². The quantitative estimate of drug-likeness (QED) is 0.671. The van der Waals surface area contributed by atoms with E-state index in [9.17, 15) is 13.2 Å². The molecule has 0 aromatic carbocycles. The second-order valence-electron chi connectivity index (χ2n) is 8.85. The predicted octanol–water partition coefficient (Wildman–Crippen LogP) is 3.99. The van der Waals surface area contributed by atoms with E-state index in [4.69, 9.17) is 4.42 Å². The number of hydrogen-bond acceptors (Lipinski definition) is 4. The van der Waals surface area contributed by atoms with Gasteiger partial charge in [-0.3, -0.25) is 4.79 Å². The van der Waals surface area contributed by atoms with Gasteiger partial charge in [-0.05, 0) is 51.7 Å². The molecule has 1 amide bonds. The fourth-order valence-electron chi connectivity index (χ4n) is 5.02. The minimum absolute atomic E-state index is 0.0847. The van der Waals surface area contributed by atoms with Gasteiger partial charge in [-0.1, -0.05) is 19.3 Å². The van der Waals surface area contributed by atoms with Crippen molar-refractivity contribution in [3.8, 4) is 0 Å². The first kappa shape index (κ1) is 22.1. The summed E-state index contributed by atoms with van der Waals surface area (Å²) in [5, 5.41) is 0. The molecule has 2 aromatic rings. The highest BCUT2D eigenvalue weighted by molar-refractivity contribution is 7.89. The lowest BCUT2D eigenvalue weighted by Crippen LogP contribution is -2.41. The van der Waals surface area contributed by atoms with Crippen LogP contribution in [0.5, 0.6) is 0 Å². The maximum atomic E-state index is 14.2. The average Bonchev–Trinajstić information content (AvgIpc) is 3.51. The van der Waals surface area contributed by atoms with Crippen LogP contribution in [0, 0.1) is 13.8 Å². The van der Waals surface area contributed by atoms with Crippen molar-refractivity contribution >= 4 is 15.9 Å². The molecule has 2 aromatic heterocycles. The number of sulfonamides is 1. The summed E-state index contributed by atoms with van der Waals surface area (Å²) in [5.41, 5.74) is 1.65.